The van der Waals surface area contributed by atoms with Gasteiger partial charge in [-0.1, -0.05) is 47.5 Å². The summed E-state index contributed by atoms with van der Waals surface area (Å²) >= 11 is 14.4. The first-order valence-corrected chi connectivity index (χ1v) is 14.5. The summed E-state index contributed by atoms with van der Waals surface area (Å²) in [6.45, 7) is 6.83. The van der Waals surface area contributed by atoms with Crippen LogP contribution in [0.5, 0.6) is 0 Å². The molecule has 0 saturated carbocycles. The van der Waals surface area contributed by atoms with Crippen molar-refractivity contribution >= 4 is 73.6 Å². The standard InChI is InChI=1S/C29H28Cl2N6O2S/c1-29(2,38)25-14-23-26(40-25)27(36-10-12-39-13-11-36)34-28(33-23)35-32-15-18-16-37(24-9-4-3-6-19(18)24)17-20-21(30)7-5-8-22(20)31/h3-9,14-16,38H,10-13,17H2,1-2H3,(H,33,34,35)/b32-15+. The molecule has 0 unspecified atom stereocenters. The van der Waals surface area contributed by atoms with Crippen LogP contribution in [0.25, 0.3) is 21.1 Å². The molecule has 1 aliphatic heterocycles. The molecule has 1 aliphatic rings. The lowest BCUT2D eigenvalue weighted by Crippen LogP contribution is -2.36. The highest BCUT2D eigenvalue weighted by atomic mass is 35.5. The van der Waals surface area contributed by atoms with Crippen LogP contribution in [0.3, 0.4) is 0 Å². The van der Waals surface area contributed by atoms with E-state index in [2.05, 4.69) is 32.1 Å². The fourth-order valence-corrected chi connectivity index (χ4v) is 6.41. The van der Waals surface area contributed by atoms with Crippen molar-refractivity contribution in [1.82, 2.24) is 14.5 Å². The molecule has 2 aromatic carbocycles. The molecule has 40 heavy (non-hydrogen) atoms. The number of morpholine rings is 1. The van der Waals surface area contributed by atoms with Crippen molar-refractivity contribution in [3.63, 3.8) is 0 Å². The number of hydrogen-bond acceptors (Lipinski definition) is 8. The highest BCUT2D eigenvalue weighted by Crippen LogP contribution is 2.37. The molecule has 0 radical (unpaired) electrons. The minimum Gasteiger partial charge on any atom is -0.385 e. The maximum absolute atomic E-state index is 10.6. The number of anilines is 2. The predicted molar refractivity (Wildman–Crippen MR) is 164 cm³/mol. The quantitative estimate of drug-likeness (QED) is 0.165. The number of hydrazone groups is 1. The minimum atomic E-state index is -0.970. The number of hydrogen-bond donors (Lipinski definition) is 2. The maximum Gasteiger partial charge on any atom is 0.246 e. The number of nitrogens with one attached hydrogen (secondary N) is 1. The molecule has 4 heterocycles. The van der Waals surface area contributed by atoms with Crippen LogP contribution in [0, 0.1) is 0 Å². The van der Waals surface area contributed by atoms with Gasteiger partial charge in [-0.25, -0.2) is 10.4 Å². The largest absolute Gasteiger partial charge is 0.385 e. The summed E-state index contributed by atoms with van der Waals surface area (Å²) in [5, 5.41) is 17.4. The smallest absolute Gasteiger partial charge is 0.246 e. The van der Waals surface area contributed by atoms with Crippen LogP contribution < -0.4 is 10.3 Å². The zero-order chi connectivity index (χ0) is 27.9. The Balaban J connectivity index is 1.32. The Kier molecular flexibility index (Phi) is 7.41. The van der Waals surface area contributed by atoms with Gasteiger partial charge >= 0.3 is 0 Å². The summed E-state index contributed by atoms with van der Waals surface area (Å²) in [6, 6.07) is 15.6. The van der Waals surface area contributed by atoms with Crippen LogP contribution in [0.2, 0.25) is 10.0 Å². The lowest BCUT2D eigenvalue weighted by molar-refractivity contribution is 0.0826. The zero-order valence-corrected chi connectivity index (χ0v) is 24.4. The molecule has 0 spiro atoms. The molecule has 0 aliphatic carbocycles. The Morgan fingerprint density at radius 2 is 1.85 bits per heavy atom. The minimum absolute atomic E-state index is 0.386. The number of para-hydroxylation sites is 1. The summed E-state index contributed by atoms with van der Waals surface area (Å²) in [5.41, 5.74) is 5.68. The van der Waals surface area contributed by atoms with Gasteiger partial charge < -0.3 is 19.3 Å². The molecule has 2 N–H and O–H groups in total. The first-order chi connectivity index (χ1) is 19.3. The van der Waals surface area contributed by atoms with Crippen molar-refractivity contribution in [2.45, 2.75) is 26.0 Å². The number of benzene rings is 2. The molecule has 6 rings (SSSR count). The van der Waals surface area contributed by atoms with Gasteiger partial charge in [-0.3, -0.25) is 0 Å². The van der Waals surface area contributed by atoms with Gasteiger partial charge in [-0.2, -0.15) is 10.1 Å². The molecular weight excluding hydrogens is 567 g/mol. The van der Waals surface area contributed by atoms with Crippen LogP contribution >= 0.6 is 34.5 Å². The third-order valence-electron chi connectivity index (χ3n) is 6.85. The van der Waals surface area contributed by atoms with E-state index in [1.54, 1.807) is 20.1 Å². The fraction of sp³-hybridized carbons (Fsp3) is 0.276. The van der Waals surface area contributed by atoms with Gasteiger partial charge in [-0.15, -0.1) is 11.3 Å². The second kappa shape index (κ2) is 11.0. The topological polar surface area (TPSA) is 87.8 Å². The van der Waals surface area contributed by atoms with Gasteiger partial charge in [0.2, 0.25) is 5.95 Å². The van der Waals surface area contributed by atoms with Crippen molar-refractivity contribution < 1.29 is 9.84 Å². The molecule has 0 atom stereocenters. The lowest BCUT2D eigenvalue weighted by atomic mass is 10.1. The van der Waals surface area contributed by atoms with E-state index < -0.39 is 5.60 Å². The Hall–Kier alpha value is -3.21. The molecule has 11 heteroatoms. The van der Waals surface area contributed by atoms with Crippen LogP contribution in [0.1, 0.15) is 29.9 Å². The number of rotatable bonds is 7. The van der Waals surface area contributed by atoms with Crippen LogP contribution in [0.15, 0.2) is 59.8 Å². The molecule has 1 fully saturated rings. The van der Waals surface area contributed by atoms with Crippen LogP contribution in [-0.4, -0.2) is 52.2 Å². The van der Waals surface area contributed by atoms with Crippen LogP contribution in [-0.2, 0) is 16.9 Å². The van der Waals surface area contributed by atoms with Crippen molar-refractivity contribution in [3.8, 4) is 0 Å². The van der Waals surface area contributed by atoms with Crippen molar-refractivity contribution in [1.29, 1.82) is 0 Å². The summed E-state index contributed by atoms with van der Waals surface area (Å²) < 4.78 is 8.60. The second-order valence-electron chi connectivity index (χ2n) is 10.2. The molecule has 5 aromatic rings. The van der Waals surface area contributed by atoms with Crippen molar-refractivity contribution in [3.05, 3.63) is 80.8 Å². The number of fused-ring (bicyclic) bond motifs is 2. The van der Waals surface area contributed by atoms with Gasteiger partial charge in [0, 0.05) is 56.2 Å². The average Bonchev–Trinajstić information content (AvgIpc) is 3.53. The van der Waals surface area contributed by atoms with Gasteiger partial charge in [0.25, 0.3) is 0 Å². The molecule has 0 bridgehead atoms. The second-order valence-corrected chi connectivity index (χ2v) is 12.0. The number of ether oxygens (including phenoxy) is 1. The predicted octanol–water partition coefficient (Wildman–Crippen LogP) is 6.51. The highest BCUT2D eigenvalue weighted by molar-refractivity contribution is 7.19. The molecule has 3 aromatic heterocycles. The van der Waals surface area contributed by atoms with E-state index in [0.29, 0.717) is 35.8 Å². The van der Waals surface area contributed by atoms with E-state index in [9.17, 15) is 5.11 Å². The van der Waals surface area contributed by atoms with E-state index in [0.717, 1.165) is 56.0 Å². The normalized spacial score (nSPS) is 14.6. The number of aromatic nitrogens is 3. The highest BCUT2D eigenvalue weighted by Gasteiger charge is 2.24. The van der Waals surface area contributed by atoms with Gasteiger partial charge in [0.15, 0.2) is 5.82 Å². The Morgan fingerprint density at radius 3 is 2.60 bits per heavy atom. The maximum atomic E-state index is 10.6. The molecule has 1 saturated heterocycles. The third-order valence-corrected chi connectivity index (χ3v) is 8.99. The summed E-state index contributed by atoms with van der Waals surface area (Å²) in [6.07, 6.45) is 3.80. The van der Waals surface area contributed by atoms with Gasteiger partial charge in [0.05, 0.1) is 41.8 Å². The lowest BCUT2D eigenvalue weighted by Gasteiger charge is -2.28. The van der Waals surface area contributed by atoms with E-state index in [4.69, 9.17) is 37.9 Å². The molecular formula is C29H28Cl2N6O2S. The van der Waals surface area contributed by atoms with Crippen molar-refractivity contribution in [2.75, 3.05) is 36.6 Å². The summed E-state index contributed by atoms with van der Waals surface area (Å²) in [7, 11) is 0. The first kappa shape index (κ1) is 27.0. The Morgan fingerprint density at radius 1 is 1.10 bits per heavy atom. The molecule has 206 valence electrons. The number of nitrogens with zero attached hydrogens (tertiary/aromatic N) is 5. The number of aliphatic hydroxyl groups is 1. The molecule has 0 amide bonds. The van der Waals surface area contributed by atoms with E-state index in [1.165, 1.54) is 11.3 Å². The zero-order valence-electron chi connectivity index (χ0n) is 22.1. The van der Waals surface area contributed by atoms with Gasteiger partial charge in [-0.05, 0) is 38.1 Å². The van der Waals surface area contributed by atoms with E-state index >= 15 is 0 Å². The van der Waals surface area contributed by atoms with E-state index in [1.807, 2.05) is 42.6 Å². The SMILES string of the molecule is CC(C)(O)c1cc2nc(N/N=C/c3cn(Cc4c(Cl)cccc4Cl)c4ccccc34)nc(N3CCOCC3)c2s1. The summed E-state index contributed by atoms with van der Waals surface area (Å²) in [5.74, 6) is 1.21. The number of thiophene rings is 1. The summed E-state index contributed by atoms with van der Waals surface area (Å²) in [4.78, 5) is 12.6. The van der Waals surface area contributed by atoms with Gasteiger partial charge in [0.1, 0.15) is 0 Å². The van der Waals surface area contributed by atoms with Crippen molar-refractivity contribution in [2.24, 2.45) is 5.10 Å². The monoisotopic (exact) mass is 594 g/mol. The Bertz CT molecular complexity index is 1700. The van der Waals surface area contributed by atoms with E-state index in [-0.39, 0.29) is 0 Å². The fourth-order valence-electron chi connectivity index (χ4n) is 4.78. The molecule has 8 nitrogen and oxygen atoms in total. The third kappa shape index (κ3) is 5.40. The van der Waals surface area contributed by atoms with Crippen LogP contribution in [0.4, 0.5) is 11.8 Å². The first-order valence-electron chi connectivity index (χ1n) is 12.9. The number of halogens is 2. The Labute approximate surface area is 245 Å². The average molecular weight is 596 g/mol.